The minimum Gasteiger partial charge on any atom is -0.377 e. The number of rotatable bonds is 8. The lowest BCUT2D eigenvalue weighted by molar-refractivity contribution is -0.126. The molecule has 0 aromatic heterocycles. The van der Waals surface area contributed by atoms with E-state index in [2.05, 4.69) is 22.3 Å². The van der Waals surface area contributed by atoms with Gasteiger partial charge in [0.05, 0.1) is 6.61 Å². The Morgan fingerprint density at radius 3 is 2.38 bits per heavy atom. The molecule has 2 aromatic carbocycles. The van der Waals surface area contributed by atoms with Crippen molar-refractivity contribution in [2.45, 2.75) is 39.0 Å². The molecule has 4 nitrogen and oxygen atoms in total. The molecule has 0 aliphatic carbocycles. The predicted octanol–water partition coefficient (Wildman–Crippen LogP) is 3.68. The van der Waals surface area contributed by atoms with Crippen molar-refractivity contribution in [1.29, 1.82) is 0 Å². The van der Waals surface area contributed by atoms with E-state index in [-0.39, 0.29) is 11.9 Å². The average molecular weight is 352 g/mol. The standard InChI is InChI=1S/C22H28N2O2/c1-2-26-17-20-13-7-6-12-19(20)16-23-22(25)21(24-14-8-9-15-24)18-10-4-3-5-11-18/h3-7,10-13,21H,2,8-9,14-17H2,1H3,(H,23,25). The van der Waals surface area contributed by atoms with E-state index in [1.807, 2.05) is 49.4 Å². The van der Waals surface area contributed by atoms with E-state index >= 15 is 0 Å². The zero-order valence-electron chi connectivity index (χ0n) is 15.5. The normalized spacial score (nSPS) is 15.7. The van der Waals surface area contributed by atoms with E-state index in [0.717, 1.165) is 42.6 Å². The van der Waals surface area contributed by atoms with Crippen molar-refractivity contribution in [3.63, 3.8) is 0 Å². The number of carbonyl (C=O) groups excluding carboxylic acids is 1. The quantitative estimate of drug-likeness (QED) is 0.788. The molecule has 26 heavy (non-hydrogen) atoms. The Morgan fingerprint density at radius 1 is 1.04 bits per heavy atom. The fourth-order valence-electron chi connectivity index (χ4n) is 3.52. The second-order valence-corrected chi connectivity index (χ2v) is 6.68. The molecular weight excluding hydrogens is 324 g/mol. The average Bonchev–Trinajstić information content (AvgIpc) is 3.20. The third kappa shape index (κ3) is 4.71. The minimum absolute atomic E-state index is 0.0734. The SMILES string of the molecule is CCOCc1ccccc1CNC(=O)C(c1ccccc1)N1CCCC1. The summed E-state index contributed by atoms with van der Waals surface area (Å²) in [6.07, 6.45) is 2.32. The van der Waals surface area contributed by atoms with Gasteiger partial charge >= 0.3 is 0 Å². The third-order valence-electron chi connectivity index (χ3n) is 4.90. The molecule has 4 heteroatoms. The molecule has 1 fully saturated rings. The van der Waals surface area contributed by atoms with Crippen LogP contribution in [-0.2, 0) is 22.7 Å². The summed E-state index contributed by atoms with van der Waals surface area (Å²) in [5, 5.41) is 3.16. The molecule has 1 saturated heterocycles. The van der Waals surface area contributed by atoms with Crippen molar-refractivity contribution in [3.8, 4) is 0 Å². The van der Waals surface area contributed by atoms with Crippen LogP contribution in [0.5, 0.6) is 0 Å². The van der Waals surface area contributed by atoms with Crippen molar-refractivity contribution in [2.75, 3.05) is 19.7 Å². The lowest BCUT2D eigenvalue weighted by Gasteiger charge is -2.27. The first-order chi connectivity index (χ1) is 12.8. The van der Waals surface area contributed by atoms with Gasteiger partial charge in [-0.3, -0.25) is 9.69 Å². The summed E-state index contributed by atoms with van der Waals surface area (Å²) in [6, 6.07) is 18.0. The highest BCUT2D eigenvalue weighted by Gasteiger charge is 2.29. The molecule has 1 N–H and O–H groups in total. The van der Waals surface area contributed by atoms with Crippen LogP contribution in [0.1, 0.15) is 42.5 Å². The molecule has 2 aromatic rings. The van der Waals surface area contributed by atoms with Crippen LogP contribution >= 0.6 is 0 Å². The number of amides is 1. The highest BCUT2D eigenvalue weighted by molar-refractivity contribution is 5.83. The number of carbonyl (C=O) groups is 1. The molecule has 0 bridgehead atoms. The van der Waals surface area contributed by atoms with E-state index < -0.39 is 0 Å². The maximum Gasteiger partial charge on any atom is 0.242 e. The van der Waals surface area contributed by atoms with Gasteiger partial charge in [-0.15, -0.1) is 0 Å². The zero-order chi connectivity index (χ0) is 18.2. The summed E-state index contributed by atoms with van der Waals surface area (Å²) >= 11 is 0. The molecule has 1 amide bonds. The zero-order valence-corrected chi connectivity index (χ0v) is 15.5. The van der Waals surface area contributed by atoms with Gasteiger partial charge in [0.2, 0.25) is 5.91 Å². The second-order valence-electron chi connectivity index (χ2n) is 6.68. The van der Waals surface area contributed by atoms with Gasteiger partial charge in [0.1, 0.15) is 6.04 Å². The van der Waals surface area contributed by atoms with Crippen LogP contribution in [0.2, 0.25) is 0 Å². The Kier molecular flexibility index (Phi) is 6.81. The Bertz CT molecular complexity index is 696. The fourth-order valence-corrected chi connectivity index (χ4v) is 3.52. The van der Waals surface area contributed by atoms with Crippen LogP contribution < -0.4 is 5.32 Å². The Morgan fingerprint density at radius 2 is 1.69 bits per heavy atom. The van der Waals surface area contributed by atoms with Crippen molar-refractivity contribution < 1.29 is 9.53 Å². The summed E-state index contributed by atoms with van der Waals surface area (Å²) in [6.45, 7) is 5.74. The van der Waals surface area contributed by atoms with E-state index in [0.29, 0.717) is 19.8 Å². The molecule has 0 spiro atoms. The molecule has 3 rings (SSSR count). The number of nitrogens with zero attached hydrogens (tertiary/aromatic N) is 1. The van der Waals surface area contributed by atoms with Crippen molar-refractivity contribution >= 4 is 5.91 Å². The van der Waals surface area contributed by atoms with Crippen molar-refractivity contribution in [1.82, 2.24) is 10.2 Å². The van der Waals surface area contributed by atoms with Crippen molar-refractivity contribution in [2.24, 2.45) is 0 Å². The van der Waals surface area contributed by atoms with Gasteiger partial charge in [-0.05, 0) is 49.5 Å². The topological polar surface area (TPSA) is 41.6 Å². The van der Waals surface area contributed by atoms with Gasteiger partial charge in [0, 0.05) is 13.2 Å². The van der Waals surface area contributed by atoms with Crippen molar-refractivity contribution in [3.05, 3.63) is 71.3 Å². The Balaban J connectivity index is 1.71. The molecule has 1 aliphatic heterocycles. The van der Waals surface area contributed by atoms with Crippen LogP contribution in [0.25, 0.3) is 0 Å². The molecule has 1 heterocycles. The van der Waals surface area contributed by atoms with Gasteiger partial charge in [-0.1, -0.05) is 54.6 Å². The lowest BCUT2D eigenvalue weighted by Crippen LogP contribution is -2.39. The fraction of sp³-hybridized carbons (Fsp3) is 0.409. The third-order valence-corrected chi connectivity index (χ3v) is 4.90. The summed E-state index contributed by atoms with van der Waals surface area (Å²) in [7, 11) is 0. The number of ether oxygens (including phenoxy) is 1. The molecule has 1 atom stereocenters. The highest BCUT2D eigenvalue weighted by Crippen LogP contribution is 2.25. The first-order valence-electron chi connectivity index (χ1n) is 9.51. The van der Waals surface area contributed by atoms with E-state index in [1.165, 1.54) is 0 Å². The van der Waals surface area contributed by atoms with Gasteiger partial charge in [-0.25, -0.2) is 0 Å². The van der Waals surface area contributed by atoms with Gasteiger partial charge in [0.25, 0.3) is 0 Å². The van der Waals surface area contributed by atoms with Crippen LogP contribution in [0.4, 0.5) is 0 Å². The molecule has 0 saturated carbocycles. The number of hydrogen-bond donors (Lipinski definition) is 1. The Labute approximate surface area is 156 Å². The summed E-state index contributed by atoms with van der Waals surface area (Å²) in [5.41, 5.74) is 3.31. The Hall–Kier alpha value is -2.17. The number of nitrogens with one attached hydrogen (secondary N) is 1. The van der Waals surface area contributed by atoms with Crippen LogP contribution in [-0.4, -0.2) is 30.5 Å². The predicted molar refractivity (Wildman–Crippen MR) is 104 cm³/mol. The molecule has 0 radical (unpaired) electrons. The number of likely N-dealkylation sites (tertiary alicyclic amines) is 1. The maximum atomic E-state index is 13.0. The van der Waals surface area contributed by atoms with Gasteiger partial charge < -0.3 is 10.1 Å². The minimum atomic E-state index is -0.210. The summed E-state index contributed by atoms with van der Waals surface area (Å²) < 4.78 is 5.54. The number of benzene rings is 2. The summed E-state index contributed by atoms with van der Waals surface area (Å²) in [5.74, 6) is 0.0734. The maximum absolute atomic E-state index is 13.0. The molecule has 138 valence electrons. The van der Waals surface area contributed by atoms with E-state index in [9.17, 15) is 4.79 Å². The lowest BCUT2D eigenvalue weighted by atomic mass is 10.0. The molecule has 1 aliphatic rings. The second kappa shape index (κ2) is 9.51. The van der Waals surface area contributed by atoms with Gasteiger partial charge in [-0.2, -0.15) is 0 Å². The van der Waals surface area contributed by atoms with Crippen LogP contribution in [0.15, 0.2) is 54.6 Å². The van der Waals surface area contributed by atoms with E-state index in [1.54, 1.807) is 0 Å². The summed E-state index contributed by atoms with van der Waals surface area (Å²) in [4.78, 5) is 15.3. The molecular formula is C22H28N2O2. The first-order valence-corrected chi connectivity index (χ1v) is 9.51. The smallest absolute Gasteiger partial charge is 0.242 e. The molecule has 1 unspecified atom stereocenters. The monoisotopic (exact) mass is 352 g/mol. The highest BCUT2D eigenvalue weighted by atomic mass is 16.5. The van der Waals surface area contributed by atoms with Crippen LogP contribution in [0, 0.1) is 0 Å². The largest absolute Gasteiger partial charge is 0.377 e. The number of hydrogen-bond acceptors (Lipinski definition) is 3. The first kappa shape index (κ1) is 18.6. The van der Waals surface area contributed by atoms with Gasteiger partial charge in [0.15, 0.2) is 0 Å². The van der Waals surface area contributed by atoms with E-state index in [4.69, 9.17) is 4.74 Å². The van der Waals surface area contributed by atoms with Crippen LogP contribution in [0.3, 0.4) is 0 Å².